The zero-order chi connectivity index (χ0) is 15.8. The number of aromatic nitrogens is 2. The molecule has 0 spiro atoms. The van der Waals surface area contributed by atoms with E-state index in [-0.39, 0.29) is 0 Å². The van der Waals surface area contributed by atoms with Gasteiger partial charge in [0.05, 0.1) is 11.0 Å². The molecule has 0 saturated carbocycles. The van der Waals surface area contributed by atoms with Crippen LogP contribution >= 0.6 is 0 Å². The van der Waals surface area contributed by atoms with Crippen LogP contribution < -0.4 is 11.5 Å². The lowest BCUT2D eigenvalue weighted by atomic mass is 9.98. The number of hydrogen-bond donors (Lipinski definition) is 3. The number of nitrogens with zero attached hydrogens (tertiary/aromatic N) is 1. The Labute approximate surface area is 133 Å². The number of rotatable bonds is 2. The Morgan fingerprint density at radius 1 is 0.739 bits per heavy atom. The molecule has 0 fully saturated rings. The second-order valence-electron chi connectivity index (χ2n) is 5.53. The molecule has 112 valence electrons. The molecular formula is C19H16N4. The third-order valence-electron chi connectivity index (χ3n) is 3.91. The van der Waals surface area contributed by atoms with Crippen molar-refractivity contribution in [3.63, 3.8) is 0 Å². The smallest absolute Gasteiger partial charge is 0.139 e. The SMILES string of the molecule is Nc1ccc(-c2ccc(N)cc2-c2nc3ccccc3[nH]2)cc1. The molecule has 0 unspecified atom stereocenters. The van der Waals surface area contributed by atoms with E-state index in [1.807, 2.05) is 66.7 Å². The third-order valence-corrected chi connectivity index (χ3v) is 3.91. The maximum absolute atomic E-state index is 6.00. The van der Waals surface area contributed by atoms with Crippen molar-refractivity contribution in [2.75, 3.05) is 11.5 Å². The van der Waals surface area contributed by atoms with Crippen molar-refractivity contribution in [2.45, 2.75) is 0 Å². The van der Waals surface area contributed by atoms with Crippen molar-refractivity contribution in [3.05, 3.63) is 66.7 Å². The van der Waals surface area contributed by atoms with E-state index in [4.69, 9.17) is 16.5 Å². The highest BCUT2D eigenvalue weighted by Gasteiger charge is 2.12. The van der Waals surface area contributed by atoms with Gasteiger partial charge < -0.3 is 16.5 Å². The van der Waals surface area contributed by atoms with Crippen LogP contribution in [-0.2, 0) is 0 Å². The lowest BCUT2D eigenvalue weighted by molar-refractivity contribution is 1.34. The second-order valence-corrected chi connectivity index (χ2v) is 5.53. The first-order valence-corrected chi connectivity index (χ1v) is 7.41. The Morgan fingerprint density at radius 2 is 1.48 bits per heavy atom. The normalized spacial score (nSPS) is 11.0. The number of imidazole rings is 1. The van der Waals surface area contributed by atoms with Gasteiger partial charge in [0.15, 0.2) is 0 Å². The Bertz CT molecular complexity index is 951. The summed E-state index contributed by atoms with van der Waals surface area (Å²) in [7, 11) is 0. The van der Waals surface area contributed by atoms with Gasteiger partial charge in [-0.3, -0.25) is 0 Å². The van der Waals surface area contributed by atoms with Crippen LogP contribution in [0.3, 0.4) is 0 Å². The summed E-state index contributed by atoms with van der Waals surface area (Å²) in [6.45, 7) is 0. The van der Waals surface area contributed by atoms with Gasteiger partial charge in [-0.15, -0.1) is 0 Å². The minimum atomic E-state index is 0.708. The summed E-state index contributed by atoms with van der Waals surface area (Å²) < 4.78 is 0. The van der Waals surface area contributed by atoms with Crippen molar-refractivity contribution in [3.8, 4) is 22.5 Å². The zero-order valence-electron chi connectivity index (χ0n) is 12.5. The number of H-pyrrole nitrogens is 1. The summed E-state index contributed by atoms with van der Waals surface area (Å²) in [4.78, 5) is 8.06. The van der Waals surface area contributed by atoms with Gasteiger partial charge in [0, 0.05) is 16.9 Å². The van der Waals surface area contributed by atoms with Gasteiger partial charge in [-0.25, -0.2) is 4.98 Å². The van der Waals surface area contributed by atoms with Crippen LogP contribution in [0, 0.1) is 0 Å². The highest BCUT2D eigenvalue weighted by molar-refractivity contribution is 5.87. The molecule has 4 aromatic rings. The third kappa shape index (κ3) is 2.40. The molecule has 0 atom stereocenters. The molecule has 4 rings (SSSR count). The number of para-hydroxylation sites is 2. The van der Waals surface area contributed by atoms with Crippen LogP contribution in [0.5, 0.6) is 0 Å². The zero-order valence-corrected chi connectivity index (χ0v) is 12.5. The molecular weight excluding hydrogens is 284 g/mol. The molecule has 0 aliphatic rings. The van der Waals surface area contributed by atoms with E-state index in [0.717, 1.165) is 39.2 Å². The quantitative estimate of drug-likeness (QED) is 0.488. The Kier molecular flexibility index (Phi) is 3.01. The van der Waals surface area contributed by atoms with Crippen LogP contribution in [0.4, 0.5) is 11.4 Å². The van der Waals surface area contributed by atoms with Crippen molar-refractivity contribution < 1.29 is 0 Å². The predicted octanol–water partition coefficient (Wildman–Crippen LogP) is 4.06. The van der Waals surface area contributed by atoms with Crippen molar-refractivity contribution in [1.82, 2.24) is 9.97 Å². The van der Waals surface area contributed by atoms with E-state index in [1.54, 1.807) is 0 Å². The van der Waals surface area contributed by atoms with Crippen LogP contribution in [0.1, 0.15) is 0 Å². The number of fused-ring (bicyclic) bond motifs is 1. The summed E-state index contributed by atoms with van der Waals surface area (Å²) in [5.74, 6) is 0.810. The lowest BCUT2D eigenvalue weighted by Crippen LogP contribution is -1.92. The first kappa shape index (κ1) is 13.4. The topological polar surface area (TPSA) is 80.7 Å². The van der Waals surface area contributed by atoms with Gasteiger partial charge in [-0.05, 0) is 47.5 Å². The van der Waals surface area contributed by atoms with E-state index >= 15 is 0 Å². The summed E-state index contributed by atoms with van der Waals surface area (Å²) in [6, 6.07) is 21.6. The monoisotopic (exact) mass is 300 g/mol. The average molecular weight is 300 g/mol. The minimum absolute atomic E-state index is 0.708. The summed E-state index contributed by atoms with van der Waals surface area (Å²) in [5, 5.41) is 0. The van der Waals surface area contributed by atoms with E-state index in [1.165, 1.54) is 0 Å². The molecule has 0 amide bonds. The van der Waals surface area contributed by atoms with E-state index in [2.05, 4.69) is 4.98 Å². The Hall–Kier alpha value is -3.27. The van der Waals surface area contributed by atoms with Crippen LogP contribution in [0.2, 0.25) is 0 Å². The highest BCUT2D eigenvalue weighted by atomic mass is 14.9. The number of nitrogens with two attached hydrogens (primary N) is 2. The number of benzene rings is 3. The molecule has 1 heterocycles. The van der Waals surface area contributed by atoms with Crippen molar-refractivity contribution in [1.29, 1.82) is 0 Å². The number of aromatic amines is 1. The maximum atomic E-state index is 6.00. The molecule has 0 radical (unpaired) electrons. The Morgan fingerprint density at radius 3 is 2.26 bits per heavy atom. The molecule has 1 aromatic heterocycles. The van der Waals surface area contributed by atoms with Gasteiger partial charge in [-0.1, -0.05) is 30.3 Å². The first-order chi connectivity index (χ1) is 11.2. The van der Waals surface area contributed by atoms with E-state index < -0.39 is 0 Å². The molecule has 0 aliphatic carbocycles. The van der Waals surface area contributed by atoms with Gasteiger partial charge in [0.1, 0.15) is 5.82 Å². The highest BCUT2D eigenvalue weighted by Crippen LogP contribution is 2.33. The standard InChI is InChI=1S/C19H16N4/c20-13-7-5-12(6-8-13)15-10-9-14(21)11-16(15)19-22-17-3-1-2-4-18(17)23-19/h1-11H,20-21H2,(H,22,23). The van der Waals surface area contributed by atoms with Gasteiger partial charge in [0.25, 0.3) is 0 Å². The number of hydrogen-bond acceptors (Lipinski definition) is 3. The average Bonchev–Trinajstić information content (AvgIpc) is 3.00. The van der Waals surface area contributed by atoms with E-state index in [0.29, 0.717) is 5.69 Å². The number of nitrogen functional groups attached to an aromatic ring is 2. The predicted molar refractivity (Wildman–Crippen MR) is 95.8 cm³/mol. The largest absolute Gasteiger partial charge is 0.399 e. The molecule has 0 aliphatic heterocycles. The van der Waals surface area contributed by atoms with Gasteiger partial charge >= 0.3 is 0 Å². The fourth-order valence-electron chi connectivity index (χ4n) is 2.75. The summed E-state index contributed by atoms with van der Waals surface area (Å²) in [5.41, 5.74) is 18.3. The molecule has 0 bridgehead atoms. The number of anilines is 2. The van der Waals surface area contributed by atoms with Crippen LogP contribution in [-0.4, -0.2) is 9.97 Å². The van der Waals surface area contributed by atoms with Crippen molar-refractivity contribution >= 4 is 22.4 Å². The fourth-order valence-corrected chi connectivity index (χ4v) is 2.75. The maximum Gasteiger partial charge on any atom is 0.139 e. The van der Waals surface area contributed by atoms with Crippen molar-refractivity contribution in [2.24, 2.45) is 0 Å². The summed E-state index contributed by atoms with van der Waals surface area (Å²) in [6.07, 6.45) is 0. The molecule has 0 saturated heterocycles. The van der Waals surface area contributed by atoms with Gasteiger partial charge in [-0.2, -0.15) is 0 Å². The molecule has 5 N–H and O–H groups in total. The van der Waals surface area contributed by atoms with E-state index in [9.17, 15) is 0 Å². The second kappa shape index (κ2) is 5.18. The lowest BCUT2D eigenvalue weighted by Gasteiger charge is -2.09. The molecule has 4 heteroatoms. The van der Waals surface area contributed by atoms with Gasteiger partial charge in [0.2, 0.25) is 0 Å². The fraction of sp³-hybridized carbons (Fsp3) is 0. The molecule has 4 nitrogen and oxygen atoms in total. The van der Waals surface area contributed by atoms with Crippen LogP contribution in [0.25, 0.3) is 33.5 Å². The Balaban J connectivity index is 1.93. The minimum Gasteiger partial charge on any atom is -0.399 e. The van der Waals surface area contributed by atoms with Crippen LogP contribution in [0.15, 0.2) is 66.7 Å². The summed E-state index contributed by atoms with van der Waals surface area (Å²) >= 11 is 0. The molecule has 3 aromatic carbocycles. The molecule has 23 heavy (non-hydrogen) atoms. The first-order valence-electron chi connectivity index (χ1n) is 7.41. The number of nitrogens with one attached hydrogen (secondary N) is 1.